The van der Waals surface area contributed by atoms with Crippen molar-refractivity contribution in [3.05, 3.63) is 99.1 Å². The zero-order chi connectivity index (χ0) is 26.1. The molecule has 3 rings (SSSR count). The van der Waals surface area contributed by atoms with Crippen LogP contribution in [0, 0.1) is 10.1 Å². The molecule has 1 N–H and O–H groups in total. The minimum Gasteiger partial charge on any atom is -0.490 e. The zero-order valence-electron chi connectivity index (χ0n) is 19.2. The van der Waals surface area contributed by atoms with E-state index in [2.05, 4.69) is 10.5 Å². The number of benzene rings is 3. The maximum Gasteiger partial charge on any atom is 0.311 e. The van der Waals surface area contributed by atoms with Gasteiger partial charge in [-0.15, -0.1) is 0 Å². The lowest BCUT2D eigenvalue weighted by Gasteiger charge is -2.21. The summed E-state index contributed by atoms with van der Waals surface area (Å²) in [5.41, 5.74) is 3.27. The summed E-state index contributed by atoms with van der Waals surface area (Å²) in [5, 5.41) is 15.4. The van der Waals surface area contributed by atoms with E-state index in [1.54, 1.807) is 0 Å². The Bertz CT molecular complexity index is 1350. The van der Waals surface area contributed by atoms with Crippen LogP contribution in [0.3, 0.4) is 0 Å². The largest absolute Gasteiger partial charge is 0.490 e. The standard InChI is InChI=1S/C24H23ClN4O6S/c1-35-23-12-7-19(15-22(23)29(31)32)16-26-27-24(30)17-28(14-13-18-5-3-2-4-6-18)36(33,34)21-10-8-20(25)9-11-21/h2-12,15-16H,13-14,17H2,1H3,(H,27,30)/b26-16+. The van der Waals surface area contributed by atoms with Crippen LogP contribution in [-0.2, 0) is 21.2 Å². The van der Waals surface area contributed by atoms with E-state index in [9.17, 15) is 23.3 Å². The number of carbonyl (C=O) groups excluding carboxylic acids is 1. The second-order valence-electron chi connectivity index (χ2n) is 7.51. The molecule has 0 unspecified atom stereocenters. The van der Waals surface area contributed by atoms with Gasteiger partial charge in [-0.2, -0.15) is 9.41 Å². The van der Waals surface area contributed by atoms with Crippen molar-refractivity contribution in [3.8, 4) is 5.75 Å². The van der Waals surface area contributed by atoms with Crippen LogP contribution in [-0.4, -0.2) is 50.0 Å². The number of hydrazone groups is 1. The molecule has 10 nitrogen and oxygen atoms in total. The molecule has 0 aliphatic heterocycles. The monoisotopic (exact) mass is 530 g/mol. The Kier molecular flexibility index (Phi) is 9.12. The lowest BCUT2D eigenvalue weighted by atomic mass is 10.1. The molecule has 1 amide bonds. The molecule has 0 heterocycles. The molecule has 0 aliphatic carbocycles. The fourth-order valence-corrected chi connectivity index (χ4v) is 4.77. The first-order chi connectivity index (χ1) is 17.2. The molecule has 0 aliphatic rings. The second-order valence-corrected chi connectivity index (χ2v) is 9.88. The van der Waals surface area contributed by atoms with Crippen molar-refractivity contribution in [2.75, 3.05) is 20.2 Å². The van der Waals surface area contributed by atoms with Crippen LogP contribution in [0.5, 0.6) is 5.75 Å². The molecule has 12 heteroatoms. The molecule has 0 aromatic heterocycles. The Morgan fingerprint density at radius 1 is 1.14 bits per heavy atom. The van der Waals surface area contributed by atoms with E-state index >= 15 is 0 Å². The van der Waals surface area contributed by atoms with Gasteiger partial charge in [0.1, 0.15) is 0 Å². The van der Waals surface area contributed by atoms with Crippen LogP contribution < -0.4 is 10.2 Å². The van der Waals surface area contributed by atoms with Gasteiger partial charge in [0.05, 0.1) is 29.7 Å². The van der Waals surface area contributed by atoms with Crippen LogP contribution in [0.2, 0.25) is 5.02 Å². The number of sulfonamides is 1. The average Bonchev–Trinajstić information content (AvgIpc) is 2.87. The van der Waals surface area contributed by atoms with E-state index < -0.39 is 27.4 Å². The second kappa shape index (κ2) is 12.2. The van der Waals surface area contributed by atoms with Gasteiger partial charge in [0.15, 0.2) is 5.75 Å². The first-order valence-electron chi connectivity index (χ1n) is 10.6. The SMILES string of the molecule is COc1ccc(/C=N/NC(=O)CN(CCc2ccccc2)S(=O)(=O)c2ccc(Cl)cc2)cc1[N+](=O)[O-]. The molecule has 188 valence electrons. The smallest absolute Gasteiger partial charge is 0.311 e. The summed E-state index contributed by atoms with van der Waals surface area (Å²) in [6.45, 7) is -0.436. The van der Waals surface area contributed by atoms with Crippen molar-refractivity contribution in [1.29, 1.82) is 0 Å². The molecule has 0 fully saturated rings. The van der Waals surface area contributed by atoms with Crippen molar-refractivity contribution in [1.82, 2.24) is 9.73 Å². The van der Waals surface area contributed by atoms with Gasteiger partial charge in [-0.1, -0.05) is 41.9 Å². The maximum atomic E-state index is 13.2. The van der Waals surface area contributed by atoms with Crippen molar-refractivity contribution >= 4 is 39.4 Å². The van der Waals surface area contributed by atoms with Crippen molar-refractivity contribution < 1.29 is 22.9 Å². The first-order valence-corrected chi connectivity index (χ1v) is 12.5. The molecule has 0 saturated heterocycles. The number of nitro benzene ring substituents is 1. The normalized spacial score (nSPS) is 11.5. The number of hydrogen-bond donors (Lipinski definition) is 1. The first kappa shape index (κ1) is 26.8. The van der Waals surface area contributed by atoms with Crippen molar-refractivity contribution in [2.24, 2.45) is 5.10 Å². The van der Waals surface area contributed by atoms with Crippen LogP contribution in [0.15, 0.2) is 82.8 Å². The third kappa shape index (κ3) is 7.11. The Balaban J connectivity index is 1.74. The predicted octanol–water partition coefficient (Wildman–Crippen LogP) is 3.64. The summed E-state index contributed by atoms with van der Waals surface area (Å²) in [4.78, 5) is 23.2. The third-order valence-corrected chi connectivity index (χ3v) is 7.18. The van der Waals surface area contributed by atoms with Crippen LogP contribution in [0.1, 0.15) is 11.1 Å². The fourth-order valence-electron chi connectivity index (χ4n) is 3.24. The number of nitro groups is 1. The summed E-state index contributed by atoms with van der Waals surface area (Å²) < 4.78 is 32.5. The van der Waals surface area contributed by atoms with Crippen LogP contribution in [0.25, 0.3) is 0 Å². The number of hydrogen-bond acceptors (Lipinski definition) is 7. The Morgan fingerprint density at radius 2 is 1.83 bits per heavy atom. The van der Waals surface area contributed by atoms with Crippen LogP contribution >= 0.6 is 11.6 Å². The minimum atomic E-state index is -4.01. The van der Waals surface area contributed by atoms with E-state index in [-0.39, 0.29) is 22.9 Å². The molecule has 3 aromatic rings. The van der Waals surface area contributed by atoms with E-state index in [1.165, 1.54) is 55.8 Å². The number of nitrogens with one attached hydrogen (secondary N) is 1. The van der Waals surface area contributed by atoms with Crippen molar-refractivity contribution in [3.63, 3.8) is 0 Å². The van der Waals surface area contributed by atoms with Crippen molar-refractivity contribution in [2.45, 2.75) is 11.3 Å². The summed E-state index contributed by atoms with van der Waals surface area (Å²) in [6.07, 6.45) is 1.60. The highest BCUT2D eigenvalue weighted by Crippen LogP contribution is 2.26. The molecule has 0 atom stereocenters. The third-order valence-electron chi connectivity index (χ3n) is 5.07. The van der Waals surface area contributed by atoms with E-state index in [4.69, 9.17) is 16.3 Å². The van der Waals surface area contributed by atoms with Gasteiger partial charge in [-0.05, 0) is 48.4 Å². The highest BCUT2D eigenvalue weighted by molar-refractivity contribution is 7.89. The highest BCUT2D eigenvalue weighted by atomic mass is 35.5. The summed E-state index contributed by atoms with van der Waals surface area (Å²) >= 11 is 5.89. The van der Waals surface area contributed by atoms with E-state index in [0.717, 1.165) is 9.87 Å². The van der Waals surface area contributed by atoms with Crippen LogP contribution in [0.4, 0.5) is 5.69 Å². The molecule has 0 saturated carbocycles. The zero-order valence-corrected chi connectivity index (χ0v) is 20.8. The Morgan fingerprint density at radius 3 is 2.47 bits per heavy atom. The molecule has 0 spiro atoms. The molecule has 3 aromatic carbocycles. The van der Waals surface area contributed by atoms with E-state index in [0.29, 0.717) is 17.0 Å². The van der Waals surface area contributed by atoms with Gasteiger partial charge in [-0.25, -0.2) is 13.8 Å². The van der Waals surface area contributed by atoms with E-state index in [1.807, 2.05) is 30.3 Å². The number of amides is 1. The number of ether oxygens (including phenoxy) is 1. The maximum absolute atomic E-state index is 13.2. The lowest BCUT2D eigenvalue weighted by molar-refractivity contribution is -0.385. The van der Waals surface area contributed by atoms with Gasteiger partial charge in [0.2, 0.25) is 10.0 Å². The lowest BCUT2D eigenvalue weighted by Crippen LogP contribution is -2.40. The fraction of sp³-hybridized carbons (Fsp3) is 0.167. The summed E-state index contributed by atoms with van der Waals surface area (Å²) in [6, 6.07) is 19.1. The highest BCUT2D eigenvalue weighted by Gasteiger charge is 2.26. The van der Waals surface area contributed by atoms with Gasteiger partial charge in [0, 0.05) is 23.2 Å². The van der Waals surface area contributed by atoms with Gasteiger partial charge < -0.3 is 4.74 Å². The average molecular weight is 531 g/mol. The number of halogens is 1. The number of carbonyl (C=O) groups is 1. The number of nitrogens with zero attached hydrogens (tertiary/aromatic N) is 3. The molecular weight excluding hydrogens is 508 g/mol. The topological polar surface area (TPSA) is 131 Å². The number of rotatable bonds is 11. The molecule has 36 heavy (non-hydrogen) atoms. The van der Waals surface area contributed by atoms with Gasteiger partial charge in [-0.3, -0.25) is 14.9 Å². The van der Waals surface area contributed by atoms with Gasteiger partial charge in [0.25, 0.3) is 5.91 Å². The Labute approximate surface area is 213 Å². The summed E-state index contributed by atoms with van der Waals surface area (Å²) in [5.74, 6) is -0.595. The minimum absolute atomic E-state index is 0.00167. The molecule has 0 bridgehead atoms. The number of methoxy groups -OCH3 is 1. The molecular formula is C24H23ClN4O6S. The molecule has 0 radical (unpaired) electrons. The Hall–Kier alpha value is -3.80. The quantitative estimate of drug-likeness (QED) is 0.229. The predicted molar refractivity (Wildman–Crippen MR) is 136 cm³/mol. The van der Waals surface area contributed by atoms with Gasteiger partial charge >= 0.3 is 5.69 Å². The summed E-state index contributed by atoms with van der Waals surface area (Å²) in [7, 11) is -2.69.